The third kappa shape index (κ3) is 3.99. The lowest BCUT2D eigenvalue weighted by Gasteiger charge is -2.24. The molecule has 0 fully saturated rings. The summed E-state index contributed by atoms with van der Waals surface area (Å²) < 4.78 is 32.9. The average molecular weight is 422 g/mol. The summed E-state index contributed by atoms with van der Waals surface area (Å²) in [6.45, 7) is 2.80. The molecule has 3 rings (SSSR count). The molecule has 148 valence electrons. The Morgan fingerprint density at radius 3 is 2.54 bits per heavy atom. The Kier molecular flexibility index (Phi) is 5.66. The second kappa shape index (κ2) is 7.98. The first kappa shape index (κ1) is 19.8. The number of ether oxygens (including phenoxy) is 1. The summed E-state index contributed by atoms with van der Waals surface area (Å²) >= 11 is 1.25. The van der Waals surface area contributed by atoms with Crippen molar-refractivity contribution in [2.75, 3.05) is 23.3 Å². The number of H-pyrrole nitrogens is 1. The van der Waals surface area contributed by atoms with Gasteiger partial charge < -0.3 is 10.1 Å². The molecule has 1 aromatic carbocycles. The number of rotatable bonds is 7. The Balaban J connectivity index is 1.99. The first-order chi connectivity index (χ1) is 13.3. The highest BCUT2D eigenvalue weighted by atomic mass is 32.2. The van der Waals surface area contributed by atoms with E-state index >= 15 is 0 Å². The van der Waals surface area contributed by atoms with E-state index in [2.05, 4.69) is 20.5 Å². The number of sulfonamides is 1. The summed E-state index contributed by atoms with van der Waals surface area (Å²) in [6.07, 6.45) is 1.55. The van der Waals surface area contributed by atoms with Gasteiger partial charge in [-0.2, -0.15) is 5.10 Å². The number of thiazole rings is 1. The van der Waals surface area contributed by atoms with Gasteiger partial charge >= 0.3 is 0 Å². The molecule has 0 spiro atoms. The van der Waals surface area contributed by atoms with Crippen LogP contribution in [0.15, 0.2) is 40.7 Å². The van der Waals surface area contributed by atoms with Crippen molar-refractivity contribution in [3.8, 4) is 5.75 Å². The Labute approximate surface area is 166 Å². The molecule has 0 radical (unpaired) electrons. The molecular formula is C17H19N5O4S2. The van der Waals surface area contributed by atoms with Crippen LogP contribution in [0.25, 0.3) is 0 Å². The molecule has 2 heterocycles. The number of aryl methyl sites for hydroxylation is 2. The molecule has 0 atom stereocenters. The number of amides is 1. The standard InChI is InChI=1S/C17H19N5O4S2/c1-11-16(12(2)21-20-11)28(24,25)22(13-4-6-14(26-3)7-5-13)10-15(23)19-17-18-8-9-27-17/h4-9H,10H2,1-3H3,(H,20,21)(H,18,19,23). The highest BCUT2D eigenvalue weighted by molar-refractivity contribution is 7.93. The van der Waals surface area contributed by atoms with Gasteiger partial charge in [-0.05, 0) is 38.1 Å². The van der Waals surface area contributed by atoms with Crippen LogP contribution in [0, 0.1) is 13.8 Å². The molecule has 0 aliphatic heterocycles. The summed E-state index contributed by atoms with van der Waals surface area (Å²) in [6, 6.07) is 6.42. The maximum Gasteiger partial charge on any atom is 0.268 e. The minimum atomic E-state index is -4.04. The van der Waals surface area contributed by atoms with Gasteiger partial charge in [0.15, 0.2) is 5.13 Å². The van der Waals surface area contributed by atoms with Gasteiger partial charge in [-0.1, -0.05) is 0 Å². The molecular weight excluding hydrogens is 402 g/mol. The Morgan fingerprint density at radius 1 is 1.29 bits per heavy atom. The van der Waals surface area contributed by atoms with Crippen molar-refractivity contribution in [1.29, 1.82) is 0 Å². The summed E-state index contributed by atoms with van der Waals surface area (Å²) in [5.41, 5.74) is 1.06. The maximum absolute atomic E-state index is 13.4. The van der Waals surface area contributed by atoms with Gasteiger partial charge in [0.2, 0.25) is 5.91 Å². The van der Waals surface area contributed by atoms with Crippen LogP contribution < -0.4 is 14.4 Å². The first-order valence-electron chi connectivity index (χ1n) is 8.20. The van der Waals surface area contributed by atoms with Crippen molar-refractivity contribution in [2.24, 2.45) is 0 Å². The molecule has 1 amide bonds. The van der Waals surface area contributed by atoms with E-state index < -0.39 is 22.5 Å². The molecule has 0 aliphatic carbocycles. The van der Waals surface area contributed by atoms with Crippen LogP contribution in [0.1, 0.15) is 11.4 Å². The average Bonchev–Trinajstić information content (AvgIpc) is 3.29. The SMILES string of the molecule is COc1ccc(N(CC(=O)Nc2nccs2)S(=O)(=O)c2c(C)n[nH]c2C)cc1. The fourth-order valence-electron chi connectivity index (χ4n) is 2.67. The van der Waals surface area contributed by atoms with Gasteiger partial charge in [0.25, 0.3) is 10.0 Å². The number of nitrogens with zero attached hydrogens (tertiary/aromatic N) is 3. The van der Waals surface area contributed by atoms with Crippen LogP contribution in [0.3, 0.4) is 0 Å². The van der Waals surface area contributed by atoms with Crippen molar-refractivity contribution in [2.45, 2.75) is 18.7 Å². The molecule has 0 aliphatic rings. The zero-order valence-corrected chi connectivity index (χ0v) is 17.1. The smallest absolute Gasteiger partial charge is 0.268 e. The van der Waals surface area contributed by atoms with Gasteiger partial charge in [-0.25, -0.2) is 13.4 Å². The highest BCUT2D eigenvalue weighted by Crippen LogP contribution is 2.28. The van der Waals surface area contributed by atoms with Crippen LogP contribution in [0.5, 0.6) is 5.75 Å². The topological polar surface area (TPSA) is 117 Å². The second-order valence-corrected chi connectivity index (χ2v) is 8.55. The molecule has 11 heteroatoms. The lowest BCUT2D eigenvalue weighted by Crippen LogP contribution is -2.38. The predicted molar refractivity (Wildman–Crippen MR) is 106 cm³/mol. The third-order valence-corrected chi connectivity index (χ3v) is 6.66. The molecule has 0 saturated carbocycles. The molecule has 9 nitrogen and oxygen atoms in total. The van der Waals surface area contributed by atoms with Crippen molar-refractivity contribution < 1.29 is 17.9 Å². The predicted octanol–water partition coefficient (Wildman–Crippen LogP) is 2.33. The summed E-state index contributed by atoms with van der Waals surface area (Å²) in [4.78, 5) is 16.5. The number of aromatic nitrogens is 3. The fraction of sp³-hybridized carbons (Fsp3) is 0.235. The molecule has 0 saturated heterocycles. The Bertz CT molecular complexity index is 1040. The third-order valence-electron chi connectivity index (χ3n) is 3.93. The van der Waals surface area contributed by atoms with Crippen LogP contribution in [0.2, 0.25) is 0 Å². The molecule has 2 aromatic heterocycles. The summed E-state index contributed by atoms with van der Waals surface area (Å²) in [7, 11) is -2.53. The number of carbonyl (C=O) groups excluding carboxylic acids is 1. The van der Waals surface area contributed by atoms with Crippen LogP contribution in [-0.4, -0.2) is 43.2 Å². The summed E-state index contributed by atoms with van der Waals surface area (Å²) in [5, 5.41) is 11.4. The monoisotopic (exact) mass is 421 g/mol. The van der Waals surface area contributed by atoms with E-state index in [1.165, 1.54) is 18.4 Å². The van der Waals surface area contributed by atoms with E-state index in [0.717, 1.165) is 4.31 Å². The van der Waals surface area contributed by atoms with Crippen LogP contribution in [-0.2, 0) is 14.8 Å². The number of anilines is 2. The number of carbonyl (C=O) groups is 1. The van der Waals surface area contributed by atoms with Gasteiger partial charge in [-0.15, -0.1) is 11.3 Å². The Hall–Kier alpha value is -2.92. The number of hydrogen-bond acceptors (Lipinski definition) is 7. The minimum Gasteiger partial charge on any atom is -0.497 e. The highest BCUT2D eigenvalue weighted by Gasteiger charge is 2.31. The summed E-state index contributed by atoms with van der Waals surface area (Å²) in [5.74, 6) is 0.0668. The lowest BCUT2D eigenvalue weighted by molar-refractivity contribution is -0.114. The van der Waals surface area contributed by atoms with E-state index in [0.29, 0.717) is 28.0 Å². The zero-order chi connectivity index (χ0) is 20.3. The Morgan fingerprint density at radius 2 is 2.00 bits per heavy atom. The van der Waals surface area contributed by atoms with E-state index in [9.17, 15) is 13.2 Å². The number of aromatic amines is 1. The van der Waals surface area contributed by atoms with E-state index in [1.807, 2.05) is 0 Å². The van der Waals surface area contributed by atoms with Crippen molar-refractivity contribution in [3.05, 3.63) is 47.2 Å². The van der Waals surface area contributed by atoms with Gasteiger partial charge in [-0.3, -0.25) is 14.2 Å². The maximum atomic E-state index is 13.4. The van der Waals surface area contributed by atoms with Crippen molar-refractivity contribution >= 4 is 38.1 Å². The molecule has 2 N–H and O–H groups in total. The van der Waals surface area contributed by atoms with E-state index in [1.54, 1.807) is 49.7 Å². The normalized spacial score (nSPS) is 11.2. The molecule has 0 unspecified atom stereocenters. The van der Waals surface area contributed by atoms with Crippen LogP contribution in [0.4, 0.5) is 10.8 Å². The quantitative estimate of drug-likeness (QED) is 0.605. The number of nitrogens with one attached hydrogen (secondary N) is 2. The fourth-order valence-corrected chi connectivity index (χ4v) is 4.97. The molecule has 28 heavy (non-hydrogen) atoms. The van der Waals surface area contributed by atoms with Crippen molar-refractivity contribution in [3.63, 3.8) is 0 Å². The number of benzene rings is 1. The number of hydrogen-bond donors (Lipinski definition) is 2. The minimum absolute atomic E-state index is 0.0466. The second-order valence-electron chi connectivity index (χ2n) is 5.86. The van der Waals surface area contributed by atoms with Gasteiger partial charge in [0, 0.05) is 11.6 Å². The van der Waals surface area contributed by atoms with Gasteiger partial charge in [0.05, 0.1) is 24.2 Å². The molecule has 3 aromatic rings. The first-order valence-corrected chi connectivity index (χ1v) is 10.5. The number of methoxy groups -OCH3 is 1. The van der Waals surface area contributed by atoms with Gasteiger partial charge in [0.1, 0.15) is 17.2 Å². The van der Waals surface area contributed by atoms with Crippen molar-refractivity contribution in [1.82, 2.24) is 15.2 Å². The molecule has 0 bridgehead atoms. The zero-order valence-electron chi connectivity index (χ0n) is 15.5. The van der Waals surface area contributed by atoms with Crippen LogP contribution >= 0.6 is 11.3 Å². The largest absolute Gasteiger partial charge is 0.497 e. The van der Waals surface area contributed by atoms with E-state index in [4.69, 9.17) is 4.74 Å². The van der Waals surface area contributed by atoms with E-state index in [-0.39, 0.29) is 4.90 Å². The lowest BCUT2D eigenvalue weighted by atomic mass is 10.3.